The van der Waals surface area contributed by atoms with Gasteiger partial charge in [0.2, 0.25) is 6.43 Å². The molecule has 0 aliphatic rings. The quantitative estimate of drug-likeness (QED) is 0.660. The lowest BCUT2D eigenvalue weighted by Gasteiger charge is -2.10. The molecule has 0 aliphatic heterocycles. The Morgan fingerprint density at radius 3 is 2.22 bits per heavy atom. The van der Waals surface area contributed by atoms with Crippen LogP contribution >= 0.6 is 11.8 Å². The van der Waals surface area contributed by atoms with Gasteiger partial charge in [-0.1, -0.05) is 0 Å². The number of nitrogens with two attached hydrogens (primary N) is 1. The third-order valence-electron chi connectivity index (χ3n) is 1.04. The normalized spacial score (nSPS) is 14.3. The van der Waals surface area contributed by atoms with Crippen LogP contribution in [0.15, 0.2) is 0 Å². The Labute approximate surface area is 58.0 Å². The second-order valence-electron chi connectivity index (χ2n) is 1.79. The van der Waals surface area contributed by atoms with Crippen LogP contribution in [0.5, 0.6) is 0 Å². The van der Waals surface area contributed by atoms with Crippen molar-refractivity contribution >= 4 is 11.8 Å². The van der Waals surface area contributed by atoms with E-state index in [-0.39, 0.29) is 6.54 Å². The molecule has 1 atom stereocenters. The monoisotopic (exact) mass is 155 g/mol. The van der Waals surface area contributed by atoms with Crippen LogP contribution in [-0.2, 0) is 0 Å². The second kappa shape index (κ2) is 4.99. The molecule has 0 aliphatic carbocycles. The van der Waals surface area contributed by atoms with E-state index in [4.69, 9.17) is 5.73 Å². The van der Waals surface area contributed by atoms with Crippen molar-refractivity contribution < 1.29 is 8.78 Å². The standard InChI is InChI=1S/C5H11F2NS/c1-9-3-4(2-8)5(6)7/h4-5H,2-3,8H2,1H3. The fraction of sp³-hybridized carbons (Fsp3) is 1.00. The average molecular weight is 155 g/mol. The SMILES string of the molecule is CSCC(CN)C(F)F. The number of alkyl halides is 2. The molecule has 0 saturated heterocycles. The minimum atomic E-state index is -2.26. The molecule has 1 unspecified atom stereocenters. The molecule has 0 spiro atoms. The van der Waals surface area contributed by atoms with E-state index in [2.05, 4.69) is 0 Å². The van der Waals surface area contributed by atoms with Gasteiger partial charge in [-0.05, 0) is 6.26 Å². The Balaban J connectivity index is 3.41. The van der Waals surface area contributed by atoms with Gasteiger partial charge in [0.15, 0.2) is 0 Å². The van der Waals surface area contributed by atoms with Crippen LogP contribution in [0.3, 0.4) is 0 Å². The predicted molar refractivity (Wildman–Crippen MR) is 36.9 cm³/mol. The molecule has 0 rings (SSSR count). The van der Waals surface area contributed by atoms with Crippen molar-refractivity contribution in [3.8, 4) is 0 Å². The Morgan fingerprint density at radius 2 is 2.11 bits per heavy atom. The Morgan fingerprint density at radius 1 is 1.56 bits per heavy atom. The van der Waals surface area contributed by atoms with Gasteiger partial charge in [0.25, 0.3) is 0 Å². The van der Waals surface area contributed by atoms with Crippen molar-refractivity contribution in [2.24, 2.45) is 11.7 Å². The zero-order valence-corrected chi connectivity index (χ0v) is 6.13. The molecule has 0 fully saturated rings. The molecule has 1 nitrogen and oxygen atoms in total. The van der Waals surface area contributed by atoms with Crippen molar-refractivity contribution in [3.63, 3.8) is 0 Å². The molecule has 0 aromatic rings. The molecular formula is C5H11F2NS. The Hall–Kier alpha value is 0.170. The van der Waals surface area contributed by atoms with Crippen LogP contribution in [0.4, 0.5) is 8.78 Å². The highest BCUT2D eigenvalue weighted by atomic mass is 32.2. The molecule has 9 heavy (non-hydrogen) atoms. The number of hydrogen-bond acceptors (Lipinski definition) is 2. The molecule has 0 aromatic heterocycles. The summed E-state index contributed by atoms with van der Waals surface area (Å²) in [4.78, 5) is 0. The third kappa shape index (κ3) is 3.70. The second-order valence-corrected chi connectivity index (χ2v) is 2.70. The summed E-state index contributed by atoms with van der Waals surface area (Å²) in [6.45, 7) is 0.0819. The number of halogens is 2. The van der Waals surface area contributed by atoms with Gasteiger partial charge in [-0.15, -0.1) is 0 Å². The molecule has 0 bridgehead atoms. The fourth-order valence-corrected chi connectivity index (χ4v) is 1.17. The molecule has 0 heterocycles. The highest BCUT2D eigenvalue weighted by Gasteiger charge is 2.16. The van der Waals surface area contributed by atoms with Crippen molar-refractivity contribution in [3.05, 3.63) is 0 Å². The summed E-state index contributed by atoms with van der Waals surface area (Å²) in [7, 11) is 0. The average Bonchev–Trinajstić information content (AvgIpc) is 1.82. The predicted octanol–water partition coefficient (Wildman–Crippen LogP) is 1.19. The van der Waals surface area contributed by atoms with E-state index in [1.807, 2.05) is 0 Å². The lowest BCUT2D eigenvalue weighted by atomic mass is 10.2. The van der Waals surface area contributed by atoms with E-state index in [0.717, 1.165) is 0 Å². The minimum Gasteiger partial charge on any atom is -0.330 e. The first kappa shape index (κ1) is 9.17. The lowest BCUT2D eigenvalue weighted by Crippen LogP contribution is -2.23. The number of hydrogen-bond donors (Lipinski definition) is 1. The van der Waals surface area contributed by atoms with Gasteiger partial charge < -0.3 is 5.73 Å². The topological polar surface area (TPSA) is 26.0 Å². The first-order valence-electron chi connectivity index (χ1n) is 2.69. The fourth-order valence-electron chi connectivity index (χ4n) is 0.458. The maximum absolute atomic E-state index is 11.8. The maximum Gasteiger partial charge on any atom is 0.243 e. The van der Waals surface area contributed by atoms with E-state index in [0.29, 0.717) is 5.75 Å². The molecule has 2 N–H and O–H groups in total. The summed E-state index contributed by atoms with van der Waals surface area (Å²) in [5, 5.41) is 0. The van der Waals surface area contributed by atoms with Crippen molar-refractivity contribution in [2.45, 2.75) is 6.43 Å². The third-order valence-corrected chi connectivity index (χ3v) is 1.80. The maximum atomic E-state index is 11.8. The van der Waals surface area contributed by atoms with Gasteiger partial charge in [0, 0.05) is 18.2 Å². The first-order chi connectivity index (χ1) is 4.22. The minimum absolute atomic E-state index is 0.0819. The molecule has 4 heteroatoms. The van der Waals surface area contributed by atoms with Crippen LogP contribution in [0.1, 0.15) is 0 Å². The lowest BCUT2D eigenvalue weighted by molar-refractivity contribution is 0.0929. The Kier molecular flexibility index (Phi) is 5.09. The molecule has 0 amide bonds. The summed E-state index contributed by atoms with van der Waals surface area (Å²) < 4.78 is 23.6. The van der Waals surface area contributed by atoms with E-state index in [1.165, 1.54) is 11.8 Å². The summed E-state index contributed by atoms with van der Waals surface area (Å²) in [5.41, 5.74) is 5.07. The molecule has 56 valence electrons. The van der Waals surface area contributed by atoms with Gasteiger partial charge in [-0.2, -0.15) is 11.8 Å². The van der Waals surface area contributed by atoms with E-state index in [9.17, 15) is 8.78 Å². The summed E-state index contributed by atoms with van der Waals surface area (Å²) >= 11 is 1.40. The van der Waals surface area contributed by atoms with Crippen molar-refractivity contribution in [1.29, 1.82) is 0 Å². The molecule has 0 aromatic carbocycles. The Bertz CT molecular complexity index is 70.0. The van der Waals surface area contributed by atoms with E-state index < -0.39 is 12.3 Å². The van der Waals surface area contributed by atoms with Gasteiger partial charge in [-0.3, -0.25) is 0 Å². The van der Waals surface area contributed by atoms with Gasteiger partial charge in [-0.25, -0.2) is 8.78 Å². The zero-order valence-electron chi connectivity index (χ0n) is 5.31. The van der Waals surface area contributed by atoms with Gasteiger partial charge in [0.1, 0.15) is 0 Å². The van der Waals surface area contributed by atoms with Crippen LogP contribution in [-0.4, -0.2) is 25.0 Å². The van der Waals surface area contributed by atoms with Gasteiger partial charge in [0.05, 0.1) is 0 Å². The summed E-state index contributed by atoms with van der Waals surface area (Å²) in [5.74, 6) is -0.172. The number of rotatable bonds is 4. The largest absolute Gasteiger partial charge is 0.330 e. The van der Waals surface area contributed by atoms with Crippen LogP contribution in [0.25, 0.3) is 0 Å². The summed E-state index contributed by atoms with van der Waals surface area (Å²) in [6.07, 6.45) is -0.465. The molecule has 0 saturated carbocycles. The van der Waals surface area contributed by atoms with Crippen molar-refractivity contribution in [2.75, 3.05) is 18.6 Å². The van der Waals surface area contributed by atoms with Crippen LogP contribution in [0.2, 0.25) is 0 Å². The molecule has 0 radical (unpaired) electrons. The zero-order chi connectivity index (χ0) is 7.28. The molecular weight excluding hydrogens is 144 g/mol. The van der Waals surface area contributed by atoms with Crippen molar-refractivity contribution in [1.82, 2.24) is 0 Å². The number of thioether (sulfide) groups is 1. The van der Waals surface area contributed by atoms with Crippen LogP contribution in [0, 0.1) is 5.92 Å². The van der Waals surface area contributed by atoms with E-state index >= 15 is 0 Å². The van der Waals surface area contributed by atoms with E-state index in [1.54, 1.807) is 6.26 Å². The highest BCUT2D eigenvalue weighted by Crippen LogP contribution is 2.12. The van der Waals surface area contributed by atoms with Gasteiger partial charge >= 0.3 is 0 Å². The summed E-state index contributed by atoms with van der Waals surface area (Å²) in [6, 6.07) is 0. The highest BCUT2D eigenvalue weighted by molar-refractivity contribution is 7.98. The smallest absolute Gasteiger partial charge is 0.243 e. The first-order valence-corrected chi connectivity index (χ1v) is 4.09. The van der Waals surface area contributed by atoms with Crippen LogP contribution < -0.4 is 5.73 Å².